The molecule has 0 atom stereocenters. The second kappa shape index (κ2) is 8.11. The van der Waals surface area contributed by atoms with Gasteiger partial charge in [0.15, 0.2) is 11.2 Å². The summed E-state index contributed by atoms with van der Waals surface area (Å²) in [6.07, 6.45) is 1.39. The molecule has 2 heterocycles. The van der Waals surface area contributed by atoms with Crippen molar-refractivity contribution < 1.29 is 14.3 Å². The summed E-state index contributed by atoms with van der Waals surface area (Å²) in [5.74, 6) is 0.0225. The Kier molecular flexibility index (Phi) is 5.37. The van der Waals surface area contributed by atoms with Crippen LogP contribution in [0.15, 0.2) is 64.1 Å². The van der Waals surface area contributed by atoms with Crippen LogP contribution < -0.4 is 10.3 Å². The molecule has 0 amide bonds. The summed E-state index contributed by atoms with van der Waals surface area (Å²) in [5.41, 5.74) is 1.21. The molecule has 0 spiro atoms. The SMILES string of the molecule is CCOC(=O)c1nn(-c2ccc(OC)cc2)c2c(=O)n(-c3ccc(Br)cc3)cnc12. The van der Waals surface area contributed by atoms with E-state index in [4.69, 9.17) is 9.47 Å². The third kappa shape index (κ3) is 3.48. The van der Waals surface area contributed by atoms with E-state index in [1.807, 2.05) is 12.1 Å². The lowest BCUT2D eigenvalue weighted by molar-refractivity contribution is 0.0521. The van der Waals surface area contributed by atoms with Crippen molar-refractivity contribution in [3.8, 4) is 17.1 Å². The number of halogens is 1. The fourth-order valence-corrected chi connectivity index (χ4v) is 3.30. The van der Waals surface area contributed by atoms with E-state index in [2.05, 4.69) is 26.0 Å². The van der Waals surface area contributed by atoms with E-state index in [1.165, 1.54) is 15.6 Å². The van der Waals surface area contributed by atoms with Gasteiger partial charge in [0, 0.05) is 4.47 Å². The maximum atomic E-state index is 13.4. The monoisotopic (exact) mass is 468 g/mol. The minimum absolute atomic E-state index is 0.0114. The lowest BCUT2D eigenvalue weighted by Gasteiger charge is -2.07. The summed E-state index contributed by atoms with van der Waals surface area (Å²) in [4.78, 5) is 30.2. The molecule has 2 aromatic carbocycles. The van der Waals surface area contributed by atoms with E-state index in [1.54, 1.807) is 50.4 Å². The minimum atomic E-state index is -0.636. The Bertz CT molecular complexity index is 1280. The molecule has 8 nitrogen and oxygen atoms in total. The van der Waals surface area contributed by atoms with Crippen LogP contribution in [-0.2, 0) is 4.74 Å². The second-order valence-corrected chi connectivity index (χ2v) is 7.19. The van der Waals surface area contributed by atoms with E-state index in [9.17, 15) is 9.59 Å². The zero-order chi connectivity index (χ0) is 21.3. The third-order valence-electron chi connectivity index (χ3n) is 4.47. The first-order valence-electron chi connectivity index (χ1n) is 9.11. The van der Waals surface area contributed by atoms with Crippen molar-refractivity contribution in [2.24, 2.45) is 0 Å². The predicted molar refractivity (Wildman–Crippen MR) is 115 cm³/mol. The van der Waals surface area contributed by atoms with E-state index in [-0.39, 0.29) is 28.9 Å². The number of hydrogen-bond donors (Lipinski definition) is 0. The predicted octanol–water partition coefficient (Wildman–Crippen LogP) is 3.52. The molecule has 0 bridgehead atoms. The first kappa shape index (κ1) is 19.8. The van der Waals surface area contributed by atoms with Crippen LogP contribution in [0.5, 0.6) is 5.75 Å². The summed E-state index contributed by atoms with van der Waals surface area (Å²) < 4.78 is 14.0. The molecular formula is C21H17BrN4O4. The number of methoxy groups -OCH3 is 1. The van der Waals surface area contributed by atoms with Gasteiger partial charge in [-0.05, 0) is 55.5 Å². The molecule has 152 valence electrons. The molecule has 4 rings (SSSR count). The molecular weight excluding hydrogens is 452 g/mol. The highest BCUT2D eigenvalue weighted by molar-refractivity contribution is 9.10. The molecule has 0 unspecified atom stereocenters. The number of ether oxygens (including phenoxy) is 2. The van der Waals surface area contributed by atoms with Gasteiger partial charge in [-0.15, -0.1) is 0 Å². The van der Waals surface area contributed by atoms with Crippen molar-refractivity contribution >= 4 is 32.9 Å². The third-order valence-corrected chi connectivity index (χ3v) is 5.00. The topological polar surface area (TPSA) is 88.2 Å². The molecule has 0 saturated carbocycles. The van der Waals surface area contributed by atoms with Crippen LogP contribution in [0, 0.1) is 0 Å². The quantitative estimate of drug-likeness (QED) is 0.416. The van der Waals surface area contributed by atoms with E-state index >= 15 is 0 Å². The molecule has 0 radical (unpaired) electrons. The van der Waals surface area contributed by atoms with Crippen LogP contribution in [-0.4, -0.2) is 39.0 Å². The highest BCUT2D eigenvalue weighted by atomic mass is 79.9. The molecule has 30 heavy (non-hydrogen) atoms. The summed E-state index contributed by atoms with van der Waals surface area (Å²) in [5, 5.41) is 4.36. The van der Waals surface area contributed by atoms with Gasteiger partial charge >= 0.3 is 5.97 Å². The van der Waals surface area contributed by atoms with Gasteiger partial charge in [0.25, 0.3) is 5.56 Å². The van der Waals surface area contributed by atoms with Crippen LogP contribution in [0.25, 0.3) is 22.4 Å². The number of hydrogen-bond acceptors (Lipinski definition) is 6. The normalized spacial score (nSPS) is 10.9. The van der Waals surface area contributed by atoms with E-state index in [0.29, 0.717) is 17.1 Å². The van der Waals surface area contributed by atoms with Crippen LogP contribution in [0.2, 0.25) is 0 Å². The fourth-order valence-electron chi connectivity index (χ4n) is 3.04. The fraction of sp³-hybridized carbons (Fsp3) is 0.143. The molecule has 9 heteroatoms. The van der Waals surface area contributed by atoms with Gasteiger partial charge in [-0.1, -0.05) is 15.9 Å². The molecule has 0 aliphatic heterocycles. The Morgan fingerprint density at radius 2 is 1.73 bits per heavy atom. The standard InChI is InChI=1S/C21H17BrN4O4/c1-3-30-21(28)18-17-19(26(24-18)15-8-10-16(29-2)11-9-15)20(27)25(12-23-17)14-6-4-13(22)5-7-14/h4-12H,3H2,1-2H3. The van der Waals surface area contributed by atoms with Crippen LogP contribution in [0.4, 0.5) is 0 Å². The Labute approximate surface area is 179 Å². The Morgan fingerprint density at radius 1 is 1.07 bits per heavy atom. The van der Waals surface area contributed by atoms with E-state index < -0.39 is 5.97 Å². The number of carbonyl (C=O) groups excluding carboxylic acids is 1. The minimum Gasteiger partial charge on any atom is -0.497 e. The number of esters is 1. The highest BCUT2D eigenvalue weighted by Gasteiger charge is 2.24. The van der Waals surface area contributed by atoms with Gasteiger partial charge in [-0.2, -0.15) is 5.10 Å². The summed E-state index contributed by atoms with van der Waals surface area (Å²) in [6.45, 7) is 1.89. The summed E-state index contributed by atoms with van der Waals surface area (Å²) in [6, 6.07) is 14.2. The number of carbonyl (C=O) groups is 1. The van der Waals surface area contributed by atoms with Gasteiger partial charge in [-0.25, -0.2) is 14.5 Å². The van der Waals surface area contributed by atoms with Crippen molar-refractivity contribution in [1.82, 2.24) is 19.3 Å². The first-order valence-corrected chi connectivity index (χ1v) is 9.90. The largest absolute Gasteiger partial charge is 0.497 e. The molecule has 0 aliphatic rings. The van der Waals surface area contributed by atoms with Crippen molar-refractivity contribution in [3.63, 3.8) is 0 Å². The van der Waals surface area contributed by atoms with Gasteiger partial charge in [0.05, 0.1) is 25.1 Å². The van der Waals surface area contributed by atoms with Crippen molar-refractivity contribution in [2.45, 2.75) is 6.92 Å². The number of benzene rings is 2. The summed E-state index contributed by atoms with van der Waals surface area (Å²) in [7, 11) is 1.57. The molecule has 0 N–H and O–H groups in total. The maximum Gasteiger partial charge on any atom is 0.361 e. The van der Waals surface area contributed by atoms with Crippen molar-refractivity contribution in [3.05, 3.63) is 75.4 Å². The van der Waals surface area contributed by atoms with Crippen LogP contribution >= 0.6 is 15.9 Å². The number of nitrogens with zero attached hydrogens (tertiary/aromatic N) is 4. The number of aromatic nitrogens is 4. The first-order chi connectivity index (χ1) is 14.5. The summed E-state index contributed by atoms with van der Waals surface area (Å²) >= 11 is 3.39. The second-order valence-electron chi connectivity index (χ2n) is 6.27. The zero-order valence-electron chi connectivity index (χ0n) is 16.2. The van der Waals surface area contributed by atoms with Crippen LogP contribution in [0.3, 0.4) is 0 Å². The molecule has 0 saturated heterocycles. The average Bonchev–Trinajstić information content (AvgIpc) is 3.16. The van der Waals surface area contributed by atoms with E-state index in [0.717, 1.165) is 4.47 Å². The molecule has 0 fully saturated rings. The lowest BCUT2D eigenvalue weighted by Crippen LogP contribution is -2.21. The Morgan fingerprint density at radius 3 is 2.37 bits per heavy atom. The van der Waals surface area contributed by atoms with Gasteiger partial charge in [0.2, 0.25) is 0 Å². The van der Waals surface area contributed by atoms with Gasteiger partial charge in [0.1, 0.15) is 17.6 Å². The molecule has 0 aliphatic carbocycles. The van der Waals surface area contributed by atoms with Crippen molar-refractivity contribution in [1.29, 1.82) is 0 Å². The number of rotatable bonds is 5. The Hall–Kier alpha value is -3.46. The zero-order valence-corrected chi connectivity index (χ0v) is 17.8. The van der Waals surface area contributed by atoms with Crippen molar-refractivity contribution in [2.75, 3.05) is 13.7 Å². The molecule has 4 aromatic rings. The highest BCUT2D eigenvalue weighted by Crippen LogP contribution is 2.22. The smallest absolute Gasteiger partial charge is 0.361 e. The van der Waals surface area contributed by atoms with Gasteiger partial charge < -0.3 is 9.47 Å². The van der Waals surface area contributed by atoms with Gasteiger partial charge in [-0.3, -0.25) is 9.36 Å². The molecule has 2 aromatic heterocycles. The average molecular weight is 469 g/mol. The number of fused-ring (bicyclic) bond motifs is 1. The lowest BCUT2D eigenvalue weighted by atomic mass is 10.3. The Balaban J connectivity index is 1.98. The maximum absolute atomic E-state index is 13.4. The van der Waals surface area contributed by atoms with Crippen LogP contribution in [0.1, 0.15) is 17.4 Å².